The third-order valence-corrected chi connectivity index (χ3v) is 5.11. The highest BCUT2D eigenvalue weighted by atomic mass is 32.2. The van der Waals surface area contributed by atoms with Gasteiger partial charge in [0.05, 0.1) is 10.6 Å². The summed E-state index contributed by atoms with van der Waals surface area (Å²) in [5, 5.41) is 1.38. The van der Waals surface area contributed by atoms with Crippen molar-refractivity contribution in [3.8, 4) is 0 Å². The predicted molar refractivity (Wildman–Crippen MR) is 74.2 cm³/mol. The third kappa shape index (κ3) is 2.55. The summed E-state index contributed by atoms with van der Waals surface area (Å²) >= 11 is 3.37. The zero-order valence-electron chi connectivity index (χ0n) is 10.5. The number of thioether (sulfide) groups is 2. The van der Waals surface area contributed by atoms with Crippen LogP contribution in [0.1, 0.15) is 32.9 Å². The molecule has 0 fully saturated rings. The van der Waals surface area contributed by atoms with Gasteiger partial charge in [0.15, 0.2) is 5.16 Å². The van der Waals surface area contributed by atoms with Gasteiger partial charge in [0.1, 0.15) is 0 Å². The molecule has 1 aromatic rings. The van der Waals surface area contributed by atoms with Gasteiger partial charge in [-0.2, -0.15) is 0 Å². The maximum atomic E-state index is 12.3. The first-order valence-corrected chi connectivity index (χ1v) is 7.97. The van der Waals surface area contributed by atoms with Crippen molar-refractivity contribution in [2.45, 2.75) is 55.5 Å². The Labute approximate surface area is 110 Å². The van der Waals surface area contributed by atoms with Gasteiger partial charge in [-0.3, -0.25) is 9.36 Å². The van der Waals surface area contributed by atoms with Crippen LogP contribution >= 0.6 is 23.5 Å². The monoisotopic (exact) mass is 270 g/mol. The van der Waals surface area contributed by atoms with Crippen molar-refractivity contribution in [2.24, 2.45) is 0 Å². The number of fused-ring (bicyclic) bond motifs is 1. The van der Waals surface area contributed by atoms with Gasteiger partial charge in [-0.25, -0.2) is 4.98 Å². The third-order valence-electron chi connectivity index (χ3n) is 2.71. The lowest BCUT2D eigenvalue weighted by molar-refractivity contribution is 0.595. The fourth-order valence-electron chi connectivity index (χ4n) is 1.91. The van der Waals surface area contributed by atoms with Gasteiger partial charge < -0.3 is 0 Å². The number of hydrogen-bond donors (Lipinski definition) is 0. The van der Waals surface area contributed by atoms with Crippen LogP contribution in [-0.4, -0.2) is 20.6 Å². The van der Waals surface area contributed by atoms with Crippen LogP contribution in [0.4, 0.5) is 0 Å². The van der Waals surface area contributed by atoms with Gasteiger partial charge in [-0.1, -0.05) is 25.6 Å². The summed E-state index contributed by atoms with van der Waals surface area (Å²) < 4.78 is 1.81. The molecule has 3 nitrogen and oxygen atoms in total. The van der Waals surface area contributed by atoms with Crippen molar-refractivity contribution in [1.82, 2.24) is 9.55 Å². The molecule has 2 heterocycles. The molecule has 0 aliphatic carbocycles. The van der Waals surface area contributed by atoms with Crippen LogP contribution in [0.15, 0.2) is 14.8 Å². The summed E-state index contributed by atoms with van der Waals surface area (Å²) in [7, 11) is 0. The van der Waals surface area contributed by atoms with Gasteiger partial charge in [-0.15, -0.1) is 11.8 Å². The Morgan fingerprint density at radius 2 is 2.29 bits per heavy atom. The Morgan fingerprint density at radius 1 is 1.53 bits per heavy atom. The van der Waals surface area contributed by atoms with E-state index in [1.54, 1.807) is 23.5 Å². The quantitative estimate of drug-likeness (QED) is 0.622. The average molecular weight is 270 g/mol. The lowest BCUT2D eigenvalue weighted by atomic mass is 10.2. The Bertz CT molecular complexity index is 470. The number of hydrogen-bond acceptors (Lipinski definition) is 4. The van der Waals surface area contributed by atoms with Crippen LogP contribution < -0.4 is 5.56 Å². The molecular formula is C12H18N2OS2. The first-order chi connectivity index (χ1) is 8.17. The van der Waals surface area contributed by atoms with E-state index in [2.05, 4.69) is 18.8 Å². The molecule has 0 bridgehead atoms. The molecule has 17 heavy (non-hydrogen) atoms. The first kappa shape index (κ1) is 13.0. The summed E-state index contributed by atoms with van der Waals surface area (Å²) in [5.41, 5.74) is 1.17. The van der Waals surface area contributed by atoms with Crippen LogP contribution in [0, 0.1) is 0 Å². The van der Waals surface area contributed by atoms with Crippen molar-refractivity contribution in [2.75, 3.05) is 5.75 Å². The lowest BCUT2D eigenvalue weighted by Gasteiger charge is -2.10. The van der Waals surface area contributed by atoms with Crippen molar-refractivity contribution in [3.63, 3.8) is 0 Å². The summed E-state index contributed by atoms with van der Waals surface area (Å²) in [4.78, 5) is 17.9. The van der Waals surface area contributed by atoms with Gasteiger partial charge in [-0.05, 0) is 13.3 Å². The smallest absolute Gasteiger partial charge is 0.268 e. The van der Waals surface area contributed by atoms with Crippen molar-refractivity contribution >= 4 is 23.5 Å². The SMILES string of the molecule is CCCSc1nc2c(c(=O)n1CC)S[C@H](C)C2. The van der Waals surface area contributed by atoms with Crippen molar-refractivity contribution in [1.29, 1.82) is 0 Å². The second kappa shape index (κ2) is 5.48. The van der Waals surface area contributed by atoms with E-state index in [9.17, 15) is 4.79 Å². The molecule has 0 saturated heterocycles. The molecule has 1 aromatic heterocycles. The highest BCUT2D eigenvalue weighted by Crippen LogP contribution is 2.34. The van der Waals surface area contributed by atoms with E-state index in [0.717, 1.165) is 34.3 Å². The molecule has 2 rings (SSSR count). The van der Waals surface area contributed by atoms with Crippen LogP contribution in [0.5, 0.6) is 0 Å². The Morgan fingerprint density at radius 3 is 2.94 bits per heavy atom. The van der Waals surface area contributed by atoms with E-state index in [4.69, 9.17) is 0 Å². The molecule has 0 amide bonds. The molecule has 1 aliphatic heterocycles. The van der Waals surface area contributed by atoms with Crippen LogP contribution in [-0.2, 0) is 13.0 Å². The van der Waals surface area contributed by atoms with Gasteiger partial charge in [0.25, 0.3) is 5.56 Å². The molecule has 0 aromatic carbocycles. The van der Waals surface area contributed by atoms with Gasteiger partial charge in [0.2, 0.25) is 0 Å². The molecule has 0 N–H and O–H groups in total. The minimum Gasteiger partial charge on any atom is -0.287 e. The Kier molecular flexibility index (Phi) is 4.20. The van der Waals surface area contributed by atoms with E-state index in [1.165, 1.54) is 0 Å². The summed E-state index contributed by atoms with van der Waals surface area (Å²) in [6.07, 6.45) is 2.03. The van der Waals surface area contributed by atoms with Crippen LogP contribution in [0.3, 0.4) is 0 Å². The minimum atomic E-state index is 0.158. The van der Waals surface area contributed by atoms with Crippen molar-refractivity contribution < 1.29 is 0 Å². The highest BCUT2D eigenvalue weighted by molar-refractivity contribution is 8.00. The molecule has 1 aliphatic rings. The fourth-order valence-corrected chi connectivity index (χ4v) is 3.96. The predicted octanol–water partition coefficient (Wildman–Crippen LogP) is 2.80. The van der Waals surface area contributed by atoms with Crippen LogP contribution in [0.2, 0.25) is 0 Å². The second-order valence-electron chi connectivity index (χ2n) is 4.20. The summed E-state index contributed by atoms with van der Waals surface area (Å²) in [5.74, 6) is 1.02. The summed E-state index contributed by atoms with van der Waals surface area (Å²) in [6.45, 7) is 7.02. The van der Waals surface area contributed by atoms with Crippen molar-refractivity contribution in [3.05, 3.63) is 16.0 Å². The zero-order valence-corrected chi connectivity index (χ0v) is 12.2. The number of aromatic nitrogens is 2. The second-order valence-corrected chi connectivity index (χ2v) is 6.71. The number of nitrogens with zero attached hydrogens (tertiary/aromatic N) is 2. The highest BCUT2D eigenvalue weighted by Gasteiger charge is 2.25. The Balaban J connectivity index is 2.44. The van der Waals surface area contributed by atoms with E-state index < -0.39 is 0 Å². The molecular weight excluding hydrogens is 252 g/mol. The Hall–Kier alpha value is -0.420. The molecule has 94 valence electrons. The molecule has 0 radical (unpaired) electrons. The van der Waals surface area contributed by atoms with E-state index in [-0.39, 0.29) is 5.56 Å². The van der Waals surface area contributed by atoms with Crippen LogP contribution in [0.25, 0.3) is 0 Å². The van der Waals surface area contributed by atoms with E-state index in [0.29, 0.717) is 11.8 Å². The maximum absolute atomic E-state index is 12.3. The average Bonchev–Trinajstić information content (AvgIpc) is 2.67. The maximum Gasteiger partial charge on any atom is 0.268 e. The zero-order chi connectivity index (χ0) is 12.4. The van der Waals surface area contributed by atoms with Gasteiger partial charge in [0, 0.05) is 24.0 Å². The van der Waals surface area contributed by atoms with E-state index >= 15 is 0 Å². The number of rotatable bonds is 4. The lowest BCUT2D eigenvalue weighted by Crippen LogP contribution is -2.24. The first-order valence-electron chi connectivity index (χ1n) is 6.10. The standard InChI is InChI=1S/C12H18N2OS2/c1-4-6-16-12-13-9-7-8(3)17-10(9)11(15)14(12)5-2/h8H,4-7H2,1-3H3/t8-/m1/s1. The fraction of sp³-hybridized carbons (Fsp3) is 0.667. The molecule has 5 heteroatoms. The topological polar surface area (TPSA) is 34.9 Å². The molecule has 0 spiro atoms. The molecule has 1 atom stereocenters. The molecule has 0 unspecified atom stereocenters. The normalized spacial score (nSPS) is 18.4. The van der Waals surface area contributed by atoms with Gasteiger partial charge >= 0.3 is 0 Å². The van der Waals surface area contributed by atoms with E-state index in [1.807, 2.05) is 11.5 Å². The molecule has 0 saturated carbocycles. The minimum absolute atomic E-state index is 0.158. The summed E-state index contributed by atoms with van der Waals surface area (Å²) in [6, 6.07) is 0. The largest absolute Gasteiger partial charge is 0.287 e.